The van der Waals surface area contributed by atoms with Crippen molar-refractivity contribution in [3.05, 3.63) is 53.6 Å². The van der Waals surface area contributed by atoms with Gasteiger partial charge in [-0.3, -0.25) is 9.69 Å². The molecule has 2 heterocycles. The van der Waals surface area contributed by atoms with Crippen molar-refractivity contribution in [2.75, 3.05) is 39.8 Å². The van der Waals surface area contributed by atoms with E-state index in [-0.39, 0.29) is 5.91 Å². The second-order valence-corrected chi connectivity index (χ2v) is 7.55. The van der Waals surface area contributed by atoms with Crippen molar-refractivity contribution in [1.82, 2.24) is 20.1 Å². The van der Waals surface area contributed by atoms with Gasteiger partial charge in [0.2, 0.25) is 5.91 Å². The average molecular weight is 371 g/mol. The molecule has 5 nitrogen and oxygen atoms in total. The Bertz CT molecular complexity index is 733. The minimum absolute atomic E-state index is 0.0238. The molecule has 138 valence electrons. The number of thiazole rings is 1. The van der Waals surface area contributed by atoms with E-state index in [4.69, 9.17) is 0 Å². The van der Waals surface area contributed by atoms with Crippen molar-refractivity contribution in [2.24, 2.45) is 0 Å². The van der Waals surface area contributed by atoms with E-state index in [1.165, 1.54) is 5.56 Å². The van der Waals surface area contributed by atoms with Gasteiger partial charge in [-0.2, -0.15) is 0 Å². The Kier molecular flexibility index (Phi) is 6.55. The summed E-state index contributed by atoms with van der Waals surface area (Å²) in [5.74, 6) is -0.0238. The highest BCUT2D eigenvalue weighted by molar-refractivity contribution is 7.13. The van der Waals surface area contributed by atoms with Crippen LogP contribution in [0.25, 0.3) is 10.6 Å². The van der Waals surface area contributed by atoms with Gasteiger partial charge >= 0.3 is 0 Å². The Morgan fingerprint density at radius 3 is 2.69 bits per heavy atom. The van der Waals surface area contributed by atoms with Gasteiger partial charge < -0.3 is 10.2 Å². The van der Waals surface area contributed by atoms with Crippen LogP contribution in [0.5, 0.6) is 0 Å². The molecule has 1 amide bonds. The fourth-order valence-electron chi connectivity index (χ4n) is 2.95. The molecule has 0 radical (unpaired) electrons. The van der Waals surface area contributed by atoms with Crippen LogP contribution in [0.1, 0.15) is 11.3 Å². The van der Waals surface area contributed by atoms with E-state index in [1.807, 2.05) is 5.38 Å². The summed E-state index contributed by atoms with van der Waals surface area (Å²) in [6.45, 7) is 9.62. The predicted octanol–water partition coefficient (Wildman–Crippen LogP) is 2.40. The number of likely N-dealkylation sites (N-methyl/N-ethyl adjacent to an activating group) is 1. The summed E-state index contributed by atoms with van der Waals surface area (Å²) in [5, 5.41) is 5.70. The highest BCUT2D eigenvalue weighted by Crippen LogP contribution is 2.24. The molecule has 1 N–H and O–H groups in total. The maximum absolute atomic E-state index is 11.8. The number of nitrogens with one attached hydrogen (secondary N) is 1. The van der Waals surface area contributed by atoms with E-state index >= 15 is 0 Å². The van der Waals surface area contributed by atoms with E-state index < -0.39 is 0 Å². The number of hydrogen-bond acceptors (Lipinski definition) is 5. The van der Waals surface area contributed by atoms with Gasteiger partial charge in [0.05, 0.1) is 12.1 Å². The molecule has 6 heteroatoms. The summed E-state index contributed by atoms with van der Waals surface area (Å²) in [6.07, 6.45) is 1.99. The van der Waals surface area contributed by atoms with Crippen LogP contribution in [0, 0.1) is 0 Å². The Morgan fingerprint density at radius 2 is 2.00 bits per heavy atom. The maximum atomic E-state index is 11.8. The molecular formula is C20H26N4OS. The quantitative estimate of drug-likeness (QED) is 0.761. The fourth-order valence-corrected chi connectivity index (χ4v) is 3.78. The van der Waals surface area contributed by atoms with Crippen LogP contribution in [0.15, 0.2) is 42.3 Å². The highest BCUT2D eigenvalue weighted by Gasteiger charge is 2.14. The molecule has 26 heavy (non-hydrogen) atoms. The molecule has 3 rings (SSSR count). The van der Waals surface area contributed by atoms with Gasteiger partial charge in [-0.05, 0) is 12.6 Å². The minimum atomic E-state index is -0.0238. The average Bonchev–Trinajstić information content (AvgIpc) is 3.11. The van der Waals surface area contributed by atoms with Crippen molar-refractivity contribution in [2.45, 2.75) is 13.0 Å². The van der Waals surface area contributed by atoms with Crippen molar-refractivity contribution < 1.29 is 4.79 Å². The highest BCUT2D eigenvalue weighted by atomic mass is 32.1. The third-order valence-corrected chi connectivity index (χ3v) is 5.48. The lowest BCUT2D eigenvalue weighted by Crippen LogP contribution is -2.43. The van der Waals surface area contributed by atoms with Crippen molar-refractivity contribution in [1.29, 1.82) is 0 Å². The number of rotatable bonds is 7. The van der Waals surface area contributed by atoms with E-state index in [0.717, 1.165) is 49.0 Å². The summed E-state index contributed by atoms with van der Waals surface area (Å²) < 4.78 is 0. The molecule has 1 aliphatic heterocycles. The zero-order chi connectivity index (χ0) is 18.4. The van der Waals surface area contributed by atoms with Crippen molar-refractivity contribution >= 4 is 17.2 Å². The van der Waals surface area contributed by atoms with Crippen molar-refractivity contribution in [3.63, 3.8) is 0 Å². The third kappa shape index (κ3) is 5.24. The lowest BCUT2D eigenvalue weighted by molar-refractivity contribution is -0.120. The van der Waals surface area contributed by atoms with E-state index in [1.54, 1.807) is 17.4 Å². The minimum Gasteiger partial charge on any atom is -0.352 e. The standard InChI is InChI=1S/C20H26N4OS/c1-3-8-21-19(25)13-18-15-26-20(22-18)17-6-4-16(5-7-17)14-24-11-9-23(2)10-12-24/h3-7,15H,1,8-14H2,2H3,(H,21,25). The zero-order valence-electron chi connectivity index (χ0n) is 15.3. The summed E-state index contributed by atoms with van der Waals surface area (Å²) >= 11 is 1.58. The van der Waals surface area contributed by atoms with Gasteiger partial charge in [0.15, 0.2) is 0 Å². The molecule has 1 aromatic carbocycles. The molecule has 2 aromatic rings. The Hall–Kier alpha value is -2.02. The lowest BCUT2D eigenvalue weighted by atomic mass is 10.1. The van der Waals surface area contributed by atoms with Crippen LogP contribution in [0.4, 0.5) is 0 Å². The Balaban J connectivity index is 1.56. The maximum Gasteiger partial charge on any atom is 0.226 e. The molecular weight excluding hydrogens is 344 g/mol. The van der Waals surface area contributed by atoms with Gasteiger partial charge in [-0.25, -0.2) is 4.98 Å². The summed E-state index contributed by atoms with van der Waals surface area (Å²) in [5.41, 5.74) is 3.25. The normalized spacial score (nSPS) is 15.7. The molecule has 0 bridgehead atoms. The SMILES string of the molecule is C=CCNC(=O)Cc1csc(-c2ccc(CN3CCN(C)CC3)cc2)n1. The Labute approximate surface area is 159 Å². The topological polar surface area (TPSA) is 48.5 Å². The van der Waals surface area contributed by atoms with Gasteiger partial charge in [0.1, 0.15) is 5.01 Å². The first-order valence-corrected chi connectivity index (χ1v) is 9.84. The van der Waals surface area contributed by atoms with E-state index in [0.29, 0.717) is 13.0 Å². The second-order valence-electron chi connectivity index (χ2n) is 6.69. The monoisotopic (exact) mass is 370 g/mol. The summed E-state index contributed by atoms with van der Waals surface area (Å²) in [4.78, 5) is 21.2. The number of carbonyl (C=O) groups is 1. The van der Waals surface area contributed by atoms with Crippen LogP contribution in [0.3, 0.4) is 0 Å². The van der Waals surface area contributed by atoms with Gasteiger partial charge in [-0.15, -0.1) is 17.9 Å². The first-order chi connectivity index (χ1) is 12.6. The van der Waals surface area contributed by atoms with Crippen molar-refractivity contribution in [3.8, 4) is 10.6 Å². The molecule has 1 aromatic heterocycles. The molecule has 0 aliphatic carbocycles. The number of carbonyl (C=O) groups excluding carboxylic acids is 1. The van der Waals surface area contributed by atoms with Gasteiger partial charge in [0, 0.05) is 50.2 Å². The molecule has 0 spiro atoms. The lowest BCUT2D eigenvalue weighted by Gasteiger charge is -2.32. The van der Waals surface area contributed by atoms with Gasteiger partial charge in [-0.1, -0.05) is 30.3 Å². The smallest absolute Gasteiger partial charge is 0.226 e. The predicted molar refractivity (Wildman–Crippen MR) is 107 cm³/mol. The number of benzene rings is 1. The van der Waals surface area contributed by atoms with Crippen LogP contribution < -0.4 is 5.32 Å². The molecule has 1 fully saturated rings. The summed E-state index contributed by atoms with van der Waals surface area (Å²) in [7, 11) is 2.18. The van der Waals surface area contributed by atoms with Crippen LogP contribution in [-0.2, 0) is 17.8 Å². The largest absolute Gasteiger partial charge is 0.352 e. The van der Waals surface area contributed by atoms with Crippen LogP contribution in [-0.4, -0.2) is 60.5 Å². The molecule has 0 saturated carbocycles. The number of nitrogens with zero attached hydrogens (tertiary/aromatic N) is 3. The van der Waals surface area contributed by atoms with Crippen LogP contribution in [0.2, 0.25) is 0 Å². The zero-order valence-corrected chi connectivity index (χ0v) is 16.1. The molecule has 0 unspecified atom stereocenters. The number of amides is 1. The van der Waals surface area contributed by atoms with Gasteiger partial charge in [0.25, 0.3) is 0 Å². The number of piperazine rings is 1. The second kappa shape index (κ2) is 9.07. The first-order valence-electron chi connectivity index (χ1n) is 8.96. The van der Waals surface area contributed by atoms with Crippen LogP contribution >= 0.6 is 11.3 Å². The number of aromatic nitrogens is 1. The molecule has 1 aliphatic rings. The van der Waals surface area contributed by atoms with E-state index in [9.17, 15) is 4.79 Å². The van der Waals surface area contributed by atoms with E-state index in [2.05, 4.69) is 58.0 Å². The fraction of sp³-hybridized carbons (Fsp3) is 0.400. The third-order valence-electron chi connectivity index (χ3n) is 4.54. The Morgan fingerprint density at radius 1 is 1.27 bits per heavy atom. The molecule has 0 atom stereocenters. The first kappa shape index (κ1) is 18.8. The molecule has 1 saturated heterocycles. The summed E-state index contributed by atoms with van der Waals surface area (Å²) in [6, 6.07) is 8.63. The number of hydrogen-bond donors (Lipinski definition) is 1.